The normalized spacial score (nSPS) is 26.3. The summed E-state index contributed by atoms with van der Waals surface area (Å²) in [6.45, 7) is 0. The van der Waals surface area contributed by atoms with E-state index in [0.717, 1.165) is 17.9 Å². The second kappa shape index (κ2) is 3.30. The number of nitrogens with two attached hydrogens (primary N) is 1. The maximum absolute atomic E-state index is 10.8. The zero-order chi connectivity index (χ0) is 8.48. The van der Waals surface area contributed by atoms with Gasteiger partial charge in [0, 0.05) is 18.8 Å². The van der Waals surface area contributed by atoms with Crippen LogP contribution in [0.5, 0.6) is 0 Å². The first-order valence-electron chi connectivity index (χ1n) is 3.35. The van der Waals surface area contributed by atoms with Gasteiger partial charge < -0.3 is 0 Å². The van der Waals surface area contributed by atoms with Crippen LogP contribution in [0.4, 0.5) is 0 Å². The van der Waals surface area contributed by atoms with Crippen molar-refractivity contribution in [3.05, 3.63) is 0 Å². The third-order valence-electron chi connectivity index (χ3n) is 1.82. The van der Waals surface area contributed by atoms with E-state index in [9.17, 15) is 8.42 Å². The summed E-state index contributed by atoms with van der Waals surface area (Å²) in [7, 11) is -1.93. The lowest BCUT2D eigenvalue weighted by molar-refractivity contribution is 0.395. The lowest BCUT2D eigenvalue weighted by Crippen LogP contribution is -2.41. The molecule has 1 fully saturated rings. The highest BCUT2D eigenvalue weighted by Gasteiger charge is 2.26. The highest BCUT2D eigenvalue weighted by atomic mass is 32.2. The fourth-order valence-electron chi connectivity index (χ4n) is 1.02. The average molecular weight is 196 g/mol. The number of thioether (sulfide) groups is 1. The maximum Gasteiger partial charge on any atom is 0.276 e. The fourth-order valence-corrected chi connectivity index (χ4v) is 2.97. The van der Waals surface area contributed by atoms with E-state index in [1.54, 1.807) is 11.8 Å². The van der Waals surface area contributed by atoms with Crippen molar-refractivity contribution in [1.29, 1.82) is 0 Å². The van der Waals surface area contributed by atoms with E-state index in [-0.39, 0.29) is 6.04 Å². The predicted octanol–water partition coefficient (Wildman–Crippen LogP) is -0.373. The predicted molar refractivity (Wildman–Crippen MR) is 46.6 cm³/mol. The van der Waals surface area contributed by atoms with Crippen LogP contribution in [0, 0.1) is 0 Å². The first-order valence-corrected chi connectivity index (χ1v) is 6.01. The fraction of sp³-hybridized carbons (Fsp3) is 1.00. The molecule has 6 heteroatoms. The van der Waals surface area contributed by atoms with Gasteiger partial charge in [-0.2, -0.15) is 24.5 Å². The maximum atomic E-state index is 10.8. The van der Waals surface area contributed by atoms with Crippen molar-refractivity contribution in [3.8, 4) is 0 Å². The smallest absolute Gasteiger partial charge is 0.216 e. The second-order valence-electron chi connectivity index (χ2n) is 2.58. The Bertz CT molecular complexity index is 221. The second-order valence-corrected chi connectivity index (χ2v) is 5.33. The molecular weight excluding hydrogens is 184 g/mol. The van der Waals surface area contributed by atoms with E-state index in [1.807, 2.05) is 0 Å². The quantitative estimate of drug-likeness (QED) is 0.655. The number of hydrogen-bond donors (Lipinski definition) is 1. The van der Waals surface area contributed by atoms with Gasteiger partial charge in [0.05, 0.1) is 0 Å². The van der Waals surface area contributed by atoms with Crippen molar-refractivity contribution in [3.63, 3.8) is 0 Å². The SMILES string of the molecule is CN([C@H]1CCSC1)S(N)(=O)=O. The minimum Gasteiger partial charge on any atom is -0.216 e. The molecule has 0 amide bonds. The van der Waals surface area contributed by atoms with Crippen molar-refractivity contribution >= 4 is 22.0 Å². The van der Waals surface area contributed by atoms with Gasteiger partial charge in [-0.1, -0.05) is 0 Å². The molecule has 66 valence electrons. The van der Waals surface area contributed by atoms with Crippen LogP contribution in [-0.2, 0) is 10.2 Å². The zero-order valence-electron chi connectivity index (χ0n) is 6.36. The minimum absolute atomic E-state index is 0.106. The molecule has 1 aliphatic rings. The van der Waals surface area contributed by atoms with Gasteiger partial charge in [0.1, 0.15) is 0 Å². The molecule has 1 atom stereocenters. The van der Waals surface area contributed by atoms with Crippen molar-refractivity contribution in [2.45, 2.75) is 12.5 Å². The van der Waals surface area contributed by atoms with Crippen LogP contribution in [-0.4, -0.2) is 37.3 Å². The molecule has 11 heavy (non-hydrogen) atoms. The summed E-state index contributed by atoms with van der Waals surface area (Å²) in [4.78, 5) is 0. The third kappa shape index (κ3) is 2.33. The lowest BCUT2D eigenvalue weighted by Gasteiger charge is -2.19. The standard InChI is InChI=1S/C5H12N2O2S2/c1-7(11(6,8)9)5-2-3-10-4-5/h5H,2-4H2,1H3,(H2,6,8,9)/t5-/m0/s1. The molecule has 0 aromatic carbocycles. The Balaban J connectivity index is 2.60. The van der Waals surface area contributed by atoms with Gasteiger partial charge >= 0.3 is 0 Å². The molecule has 2 N–H and O–H groups in total. The van der Waals surface area contributed by atoms with Crippen molar-refractivity contribution < 1.29 is 8.42 Å². The summed E-state index contributed by atoms with van der Waals surface area (Å²) >= 11 is 1.76. The van der Waals surface area contributed by atoms with E-state index in [4.69, 9.17) is 5.14 Å². The Kier molecular flexibility index (Phi) is 2.79. The van der Waals surface area contributed by atoms with Gasteiger partial charge in [-0.05, 0) is 12.2 Å². The van der Waals surface area contributed by atoms with Crippen LogP contribution in [0.3, 0.4) is 0 Å². The van der Waals surface area contributed by atoms with E-state index < -0.39 is 10.2 Å². The summed E-state index contributed by atoms with van der Waals surface area (Å²) in [5.74, 6) is 1.90. The molecule has 0 aromatic rings. The van der Waals surface area contributed by atoms with Crippen LogP contribution in [0.15, 0.2) is 0 Å². The first kappa shape index (κ1) is 9.31. The number of rotatable bonds is 2. The van der Waals surface area contributed by atoms with Crippen LogP contribution in [0.1, 0.15) is 6.42 Å². The molecule has 0 saturated carbocycles. The lowest BCUT2D eigenvalue weighted by atomic mass is 10.3. The monoisotopic (exact) mass is 196 g/mol. The van der Waals surface area contributed by atoms with E-state index in [0.29, 0.717) is 0 Å². The third-order valence-corrected chi connectivity index (χ3v) is 4.07. The summed E-state index contributed by atoms with van der Waals surface area (Å²) in [6.07, 6.45) is 0.914. The zero-order valence-corrected chi connectivity index (χ0v) is 7.99. The molecule has 4 nitrogen and oxygen atoms in total. The molecule has 0 spiro atoms. The van der Waals surface area contributed by atoms with Crippen LogP contribution in [0.25, 0.3) is 0 Å². The summed E-state index contributed by atoms with van der Waals surface area (Å²) in [5.41, 5.74) is 0. The van der Waals surface area contributed by atoms with Gasteiger partial charge in [0.2, 0.25) is 0 Å². The number of nitrogens with zero attached hydrogens (tertiary/aromatic N) is 1. The number of hydrogen-bond acceptors (Lipinski definition) is 3. The van der Waals surface area contributed by atoms with E-state index in [1.165, 1.54) is 11.4 Å². The van der Waals surface area contributed by atoms with Crippen LogP contribution < -0.4 is 5.14 Å². The highest BCUT2D eigenvalue weighted by Crippen LogP contribution is 2.21. The Hall–Kier alpha value is 0.220. The van der Waals surface area contributed by atoms with Crippen molar-refractivity contribution in [2.75, 3.05) is 18.6 Å². The Morgan fingerprint density at radius 1 is 1.64 bits per heavy atom. The molecule has 1 aliphatic heterocycles. The molecule has 0 aliphatic carbocycles. The van der Waals surface area contributed by atoms with Gasteiger partial charge in [-0.25, -0.2) is 5.14 Å². The van der Waals surface area contributed by atoms with Crippen molar-refractivity contribution in [1.82, 2.24) is 4.31 Å². The van der Waals surface area contributed by atoms with Crippen LogP contribution >= 0.6 is 11.8 Å². The van der Waals surface area contributed by atoms with Crippen molar-refractivity contribution in [2.24, 2.45) is 5.14 Å². The molecular formula is C5H12N2O2S2. The van der Waals surface area contributed by atoms with E-state index >= 15 is 0 Å². The van der Waals surface area contributed by atoms with Gasteiger partial charge in [0.15, 0.2) is 0 Å². The molecule has 1 heterocycles. The Labute approximate surface area is 71.3 Å². The molecule has 0 radical (unpaired) electrons. The van der Waals surface area contributed by atoms with Gasteiger partial charge in [-0.3, -0.25) is 0 Å². The Morgan fingerprint density at radius 3 is 2.64 bits per heavy atom. The molecule has 0 bridgehead atoms. The largest absolute Gasteiger partial charge is 0.276 e. The highest BCUT2D eigenvalue weighted by molar-refractivity contribution is 7.99. The molecule has 1 rings (SSSR count). The molecule has 1 saturated heterocycles. The molecule has 0 aromatic heterocycles. The molecule has 0 unspecified atom stereocenters. The summed E-state index contributed by atoms with van der Waals surface area (Å²) in [6, 6.07) is 0.106. The minimum atomic E-state index is -3.47. The summed E-state index contributed by atoms with van der Waals surface area (Å²) in [5, 5.41) is 4.95. The summed E-state index contributed by atoms with van der Waals surface area (Å²) < 4.78 is 22.9. The topological polar surface area (TPSA) is 63.4 Å². The Morgan fingerprint density at radius 2 is 2.27 bits per heavy atom. The van der Waals surface area contributed by atoms with Gasteiger partial charge in [-0.15, -0.1) is 0 Å². The first-order chi connectivity index (χ1) is 5.02. The van der Waals surface area contributed by atoms with E-state index in [2.05, 4.69) is 0 Å². The average Bonchev–Trinajstić information content (AvgIpc) is 2.34. The van der Waals surface area contributed by atoms with Crippen LogP contribution in [0.2, 0.25) is 0 Å². The van der Waals surface area contributed by atoms with Gasteiger partial charge in [0.25, 0.3) is 10.2 Å².